The number of anilines is 1. The Morgan fingerprint density at radius 2 is 2.00 bits per heavy atom. The fourth-order valence-corrected chi connectivity index (χ4v) is 2.71. The summed E-state index contributed by atoms with van der Waals surface area (Å²) in [6, 6.07) is 1.68. The standard InChI is InChI=1S/C13H14F3N3O2/c14-13(15,16)9-5-19(4-8(9)12(20)21)11-3-10(7-1-2-7)17-6-18-11/h3,6-9H,1-2,4-5H2,(H,20,21)/t8-,9-/m1/s1. The molecule has 114 valence electrons. The number of rotatable bonds is 3. The SMILES string of the molecule is O=C(O)[C@@H]1CN(c2cc(C3CC3)ncn2)C[C@H]1C(F)(F)F. The molecule has 1 saturated heterocycles. The molecule has 2 atom stereocenters. The van der Waals surface area contributed by atoms with Crippen molar-refractivity contribution in [3.8, 4) is 0 Å². The Morgan fingerprint density at radius 1 is 1.29 bits per heavy atom. The lowest BCUT2D eigenvalue weighted by molar-refractivity contribution is -0.187. The maximum absolute atomic E-state index is 13.0. The molecule has 1 aromatic heterocycles. The summed E-state index contributed by atoms with van der Waals surface area (Å²) >= 11 is 0. The van der Waals surface area contributed by atoms with E-state index in [2.05, 4.69) is 9.97 Å². The quantitative estimate of drug-likeness (QED) is 0.925. The smallest absolute Gasteiger partial charge is 0.394 e. The van der Waals surface area contributed by atoms with Crippen molar-refractivity contribution in [2.24, 2.45) is 11.8 Å². The van der Waals surface area contributed by atoms with E-state index in [0.717, 1.165) is 18.5 Å². The summed E-state index contributed by atoms with van der Waals surface area (Å²) in [4.78, 5) is 20.6. The highest BCUT2D eigenvalue weighted by atomic mass is 19.4. The van der Waals surface area contributed by atoms with Crippen LogP contribution in [0, 0.1) is 11.8 Å². The van der Waals surface area contributed by atoms with Crippen LogP contribution in [0.15, 0.2) is 12.4 Å². The monoisotopic (exact) mass is 301 g/mol. The van der Waals surface area contributed by atoms with Gasteiger partial charge < -0.3 is 10.0 Å². The van der Waals surface area contributed by atoms with Gasteiger partial charge in [-0.1, -0.05) is 0 Å². The zero-order valence-electron chi connectivity index (χ0n) is 11.0. The second-order valence-corrected chi connectivity index (χ2v) is 5.57. The number of carboxylic acids is 1. The van der Waals surface area contributed by atoms with Crippen molar-refractivity contribution in [2.75, 3.05) is 18.0 Å². The molecule has 1 N–H and O–H groups in total. The van der Waals surface area contributed by atoms with Gasteiger partial charge in [-0.05, 0) is 12.8 Å². The van der Waals surface area contributed by atoms with E-state index in [1.165, 1.54) is 11.2 Å². The molecule has 1 aliphatic carbocycles. The number of alkyl halides is 3. The predicted molar refractivity (Wildman–Crippen MR) is 66.9 cm³/mol. The molecule has 0 spiro atoms. The highest BCUT2D eigenvalue weighted by molar-refractivity contribution is 5.72. The molecule has 1 aliphatic heterocycles. The van der Waals surface area contributed by atoms with Crippen molar-refractivity contribution in [1.82, 2.24) is 9.97 Å². The predicted octanol–water partition coefficient (Wildman–Crippen LogP) is 2.05. The second kappa shape index (κ2) is 4.85. The van der Waals surface area contributed by atoms with Crippen LogP contribution in [0.2, 0.25) is 0 Å². The lowest BCUT2D eigenvalue weighted by Gasteiger charge is -2.19. The molecule has 2 aliphatic rings. The third kappa shape index (κ3) is 2.79. The summed E-state index contributed by atoms with van der Waals surface area (Å²) in [5.41, 5.74) is 0.822. The molecule has 0 radical (unpaired) electrons. The van der Waals surface area contributed by atoms with E-state index in [-0.39, 0.29) is 13.1 Å². The number of halogens is 3. The van der Waals surface area contributed by atoms with Gasteiger partial charge in [0.1, 0.15) is 12.1 Å². The maximum atomic E-state index is 13.0. The summed E-state index contributed by atoms with van der Waals surface area (Å²) in [5, 5.41) is 9.01. The summed E-state index contributed by atoms with van der Waals surface area (Å²) in [6.07, 6.45) is -1.14. The number of aliphatic carboxylic acids is 1. The fourth-order valence-electron chi connectivity index (χ4n) is 2.71. The van der Waals surface area contributed by atoms with Gasteiger partial charge in [0.15, 0.2) is 0 Å². The van der Waals surface area contributed by atoms with Gasteiger partial charge in [0.25, 0.3) is 0 Å². The zero-order chi connectivity index (χ0) is 15.2. The Hall–Kier alpha value is -1.86. The molecule has 21 heavy (non-hydrogen) atoms. The van der Waals surface area contributed by atoms with E-state index in [1.807, 2.05) is 0 Å². The third-order valence-electron chi connectivity index (χ3n) is 4.05. The normalized spacial score (nSPS) is 26.1. The molecule has 3 rings (SSSR count). The first-order valence-corrected chi connectivity index (χ1v) is 6.72. The number of nitrogens with zero attached hydrogens (tertiary/aromatic N) is 3. The van der Waals surface area contributed by atoms with Crippen molar-refractivity contribution in [3.05, 3.63) is 18.1 Å². The molecular weight excluding hydrogens is 287 g/mol. The van der Waals surface area contributed by atoms with E-state index in [9.17, 15) is 18.0 Å². The van der Waals surface area contributed by atoms with Gasteiger partial charge in [-0.2, -0.15) is 13.2 Å². The van der Waals surface area contributed by atoms with Crippen molar-refractivity contribution < 1.29 is 23.1 Å². The van der Waals surface area contributed by atoms with Crippen LogP contribution in [0.3, 0.4) is 0 Å². The summed E-state index contributed by atoms with van der Waals surface area (Å²) in [6.45, 7) is -0.553. The van der Waals surface area contributed by atoms with Crippen LogP contribution < -0.4 is 4.90 Å². The summed E-state index contributed by atoms with van der Waals surface area (Å²) in [7, 11) is 0. The lowest BCUT2D eigenvalue weighted by Crippen LogP contribution is -2.33. The Morgan fingerprint density at radius 3 is 2.52 bits per heavy atom. The Kier molecular flexibility index (Phi) is 3.26. The van der Waals surface area contributed by atoms with Crippen LogP contribution in [0.25, 0.3) is 0 Å². The molecule has 2 heterocycles. The van der Waals surface area contributed by atoms with Crippen molar-refractivity contribution in [3.63, 3.8) is 0 Å². The van der Waals surface area contributed by atoms with Crippen molar-refractivity contribution in [1.29, 1.82) is 0 Å². The van der Waals surface area contributed by atoms with Gasteiger partial charge in [0.2, 0.25) is 0 Å². The molecule has 0 aromatic carbocycles. The van der Waals surface area contributed by atoms with Crippen LogP contribution in [0.4, 0.5) is 19.0 Å². The molecular formula is C13H14F3N3O2. The van der Waals surface area contributed by atoms with Crippen LogP contribution in [0.5, 0.6) is 0 Å². The van der Waals surface area contributed by atoms with Gasteiger partial charge in [0.05, 0.1) is 11.8 Å². The maximum Gasteiger partial charge on any atom is 0.394 e. The molecule has 0 unspecified atom stereocenters. The second-order valence-electron chi connectivity index (χ2n) is 5.57. The zero-order valence-corrected chi connectivity index (χ0v) is 11.0. The van der Waals surface area contributed by atoms with E-state index in [1.54, 1.807) is 6.07 Å². The van der Waals surface area contributed by atoms with Crippen LogP contribution >= 0.6 is 0 Å². The largest absolute Gasteiger partial charge is 0.481 e. The molecule has 1 saturated carbocycles. The minimum Gasteiger partial charge on any atom is -0.481 e. The number of aromatic nitrogens is 2. The number of hydrogen-bond donors (Lipinski definition) is 1. The first kappa shape index (κ1) is 14.1. The van der Waals surface area contributed by atoms with Gasteiger partial charge in [0, 0.05) is 30.8 Å². The Labute approximate surface area is 118 Å². The fraction of sp³-hybridized carbons (Fsp3) is 0.615. The highest BCUT2D eigenvalue weighted by Crippen LogP contribution is 2.41. The minimum absolute atomic E-state index is 0.180. The van der Waals surface area contributed by atoms with Gasteiger partial charge in [-0.25, -0.2) is 9.97 Å². The van der Waals surface area contributed by atoms with Crippen LogP contribution in [-0.2, 0) is 4.79 Å². The molecule has 0 amide bonds. The van der Waals surface area contributed by atoms with Crippen molar-refractivity contribution >= 4 is 11.8 Å². The number of carbonyl (C=O) groups is 1. The summed E-state index contributed by atoms with van der Waals surface area (Å²) < 4.78 is 38.9. The molecule has 5 nitrogen and oxygen atoms in total. The molecule has 8 heteroatoms. The van der Waals surface area contributed by atoms with Gasteiger partial charge >= 0.3 is 12.1 Å². The topological polar surface area (TPSA) is 66.3 Å². The lowest BCUT2D eigenvalue weighted by atomic mass is 9.96. The Bertz CT molecular complexity index is 560. The van der Waals surface area contributed by atoms with Gasteiger partial charge in [-0.15, -0.1) is 0 Å². The summed E-state index contributed by atoms with van der Waals surface area (Å²) in [5.74, 6) is -4.00. The average Bonchev–Trinajstić information content (AvgIpc) is 3.15. The number of carboxylic acid groups (broad SMARTS) is 1. The minimum atomic E-state index is -4.52. The van der Waals surface area contributed by atoms with Gasteiger partial charge in [-0.3, -0.25) is 4.79 Å². The van der Waals surface area contributed by atoms with Crippen LogP contribution in [0.1, 0.15) is 24.5 Å². The van der Waals surface area contributed by atoms with E-state index >= 15 is 0 Å². The Balaban J connectivity index is 1.83. The van der Waals surface area contributed by atoms with Crippen LogP contribution in [-0.4, -0.2) is 40.3 Å². The molecule has 2 fully saturated rings. The first-order valence-electron chi connectivity index (χ1n) is 6.72. The molecule has 0 bridgehead atoms. The average molecular weight is 301 g/mol. The van der Waals surface area contributed by atoms with E-state index in [0.29, 0.717) is 11.7 Å². The van der Waals surface area contributed by atoms with E-state index < -0.39 is 24.0 Å². The first-order chi connectivity index (χ1) is 9.86. The third-order valence-corrected chi connectivity index (χ3v) is 4.05. The van der Waals surface area contributed by atoms with E-state index in [4.69, 9.17) is 5.11 Å². The number of hydrogen-bond acceptors (Lipinski definition) is 4. The highest BCUT2D eigenvalue weighted by Gasteiger charge is 2.52. The van der Waals surface area contributed by atoms with Crippen molar-refractivity contribution in [2.45, 2.75) is 24.9 Å². The molecule has 1 aromatic rings.